The fourth-order valence-corrected chi connectivity index (χ4v) is 3.41. The maximum Gasteiger partial charge on any atom is 0.124 e. The van der Waals surface area contributed by atoms with Gasteiger partial charge in [0.15, 0.2) is 0 Å². The molecule has 1 heterocycles. The third kappa shape index (κ3) is 2.27. The Kier molecular flexibility index (Phi) is 3.32. The Balaban J connectivity index is 2.17. The van der Waals surface area contributed by atoms with Crippen LogP contribution in [0.2, 0.25) is 0 Å². The lowest BCUT2D eigenvalue weighted by atomic mass is 10.1. The first kappa shape index (κ1) is 12.3. The Labute approximate surface area is 116 Å². The van der Waals surface area contributed by atoms with Crippen molar-refractivity contribution in [1.82, 2.24) is 4.98 Å². The molecule has 0 spiro atoms. The highest BCUT2D eigenvalue weighted by Gasteiger charge is 2.10. The van der Waals surface area contributed by atoms with E-state index in [2.05, 4.69) is 49.4 Å². The number of aryl methyl sites for hydroxylation is 1. The quantitative estimate of drug-likeness (QED) is 0.785. The Morgan fingerprint density at radius 1 is 1.11 bits per heavy atom. The molecule has 0 amide bonds. The topological polar surface area (TPSA) is 38.9 Å². The summed E-state index contributed by atoms with van der Waals surface area (Å²) in [6.07, 6.45) is 0.894. The molecular weight excluding hydrogens is 252 g/mol. The molecule has 0 bridgehead atoms. The lowest BCUT2D eigenvalue weighted by Gasteiger charge is -2.04. The first-order valence-corrected chi connectivity index (χ1v) is 7.26. The summed E-state index contributed by atoms with van der Waals surface area (Å²) in [6.45, 7) is 2.78. The van der Waals surface area contributed by atoms with E-state index in [1.54, 1.807) is 11.3 Å². The van der Waals surface area contributed by atoms with Crippen molar-refractivity contribution in [2.75, 3.05) is 6.54 Å². The average Bonchev–Trinajstić information content (AvgIpc) is 2.85. The molecule has 3 rings (SSSR count). The summed E-state index contributed by atoms with van der Waals surface area (Å²) in [5.74, 6) is 0. The van der Waals surface area contributed by atoms with Gasteiger partial charge in [0.1, 0.15) is 5.01 Å². The van der Waals surface area contributed by atoms with E-state index in [-0.39, 0.29) is 0 Å². The van der Waals surface area contributed by atoms with Crippen LogP contribution in [-0.2, 0) is 6.42 Å². The van der Waals surface area contributed by atoms with Crippen molar-refractivity contribution < 1.29 is 0 Å². The molecule has 2 aromatic carbocycles. The zero-order valence-electron chi connectivity index (χ0n) is 10.9. The second-order valence-electron chi connectivity index (χ2n) is 4.64. The summed E-state index contributed by atoms with van der Waals surface area (Å²) in [5, 5.41) is 1.09. The van der Waals surface area contributed by atoms with E-state index >= 15 is 0 Å². The first-order valence-electron chi connectivity index (χ1n) is 6.44. The molecule has 0 saturated heterocycles. The van der Waals surface area contributed by atoms with E-state index in [0.29, 0.717) is 6.54 Å². The number of nitrogens with two attached hydrogens (primary N) is 1. The Hall–Kier alpha value is -1.71. The van der Waals surface area contributed by atoms with Crippen LogP contribution in [0.3, 0.4) is 0 Å². The van der Waals surface area contributed by atoms with E-state index < -0.39 is 0 Å². The van der Waals surface area contributed by atoms with Crippen molar-refractivity contribution in [3.05, 3.63) is 53.6 Å². The number of fused-ring (bicyclic) bond motifs is 1. The van der Waals surface area contributed by atoms with E-state index in [0.717, 1.165) is 16.9 Å². The van der Waals surface area contributed by atoms with Crippen LogP contribution in [0.5, 0.6) is 0 Å². The van der Waals surface area contributed by atoms with Crippen LogP contribution in [0.1, 0.15) is 11.1 Å². The summed E-state index contributed by atoms with van der Waals surface area (Å²) in [4.78, 5) is 4.80. The molecule has 19 heavy (non-hydrogen) atoms. The van der Waals surface area contributed by atoms with Crippen LogP contribution in [-0.4, -0.2) is 11.5 Å². The number of para-hydroxylation sites is 1. The number of aromatic nitrogens is 1. The SMILES string of the molecule is Cc1cccc2sc(-c3ccccc3CCN)nc12. The third-order valence-electron chi connectivity index (χ3n) is 3.28. The minimum absolute atomic E-state index is 0.668. The van der Waals surface area contributed by atoms with Crippen LogP contribution in [0.4, 0.5) is 0 Å². The van der Waals surface area contributed by atoms with Gasteiger partial charge in [-0.1, -0.05) is 36.4 Å². The van der Waals surface area contributed by atoms with E-state index in [1.165, 1.54) is 21.4 Å². The highest BCUT2D eigenvalue weighted by molar-refractivity contribution is 7.21. The van der Waals surface area contributed by atoms with Crippen LogP contribution in [0, 0.1) is 6.92 Å². The average molecular weight is 268 g/mol. The number of nitrogens with zero attached hydrogens (tertiary/aromatic N) is 1. The van der Waals surface area contributed by atoms with Crippen molar-refractivity contribution in [3.63, 3.8) is 0 Å². The number of benzene rings is 2. The minimum atomic E-state index is 0.668. The maximum absolute atomic E-state index is 5.69. The molecule has 0 unspecified atom stereocenters. The van der Waals surface area contributed by atoms with Crippen LogP contribution in [0.15, 0.2) is 42.5 Å². The molecule has 3 aromatic rings. The van der Waals surface area contributed by atoms with Gasteiger partial charge in [0.05, 0.1) is 10.2 Å². The molecule has 1 aromatic heterocycles. The van der Waals surface area contributed by atoms with Gasteiger partial charge in [-0.05, 0) is 37.1 Å². The Morgan fingerprint density at radius 3 is 2.74 bits per heavy atom. The van der Waals surface area contributed by atoms with Crippen molar-refractivity contribution in [1.29, 1.82) is 0 Å². The van der Waals surface area contributed by atoms with Gasteiger partial charge in [-0.25, -0.2) is 4.98 Å². The number of hydrogen-bond acceptors (Lipinski definition) is 3. The zero-order valence-corrected chi connectivity index (χ0v) is 11.7. The zero-order chi connectivity index (χ0) is 13.2. The van der Waals surface area contributed by atoms with Gasteiger partial charge in [-0.15, -0.1) is 11.3 Å². The molecule has 0 aliphatic rings. The number of thiazole rings is 1. The fraction of sp³-hybridized carbons (Fsp3) is 0.188. The Morgan fingerprint density at radius 2 is 1.95 bits per heavy atom. The van der Waals surface area contributed by atoms with Gasteiger partial charge in [-0.3, -0.25) is 0 Å². The molecule has 3 heteroatoms. The summed E-state index contributed by atoms with van der Waals surface area (Å²) in [7, 11) is 0. The summed E-state index contributed by atoms with van der Waals surface area (Å²) >= 11 is 1.75. The first-order chi connectivity index (χ1) is 9.29. The van der Waals surface area contributed by atoms with Gasteiger partial charge in [-0.2, -0.15) is 0 Å². The van der Waals surface area contributed by atoms with Crippen molar-refractivity contribution >= 4 is 21.6 Å². The lowest BCUT2D eigenvalue weighted by molar-refractivity contribution is 0.970. The lowest BCUT2D eigenvalue weighted by Crippen LogP contribution is -2.03. The molecule has 0 fully saturated rings. The second kappa shape index (κ2) is 5.11. The molecule has 0 saturated carbocycles. The van der Waals surface area contributed by atoms with E-state index in [1.807, 2.05) is 0 Å². The van der Waals surface area contributed by atoms with Gasteiger partial charge in [0, 0.05) is 5.56 Å². The molecule has 0 aliphatic heterocycles. The molecule has 2 nitrogen and oxygen atoms in total. The Bertz CT molecular complexity index is 716. The summed E-state index contributed by atoms with van der Waals surface area (Å²) in [5.41, 5.74) is 10.5. The van der Waals surface area contributed by atoms with Crippen molar-refractivity contribution in [2.24, 2.45) is 5.73 Å². The standard InChI is InChI=1S/C16H16N2S/c1-11-5-4-8-14-15(11)18-16(19-14)13-7-3-2-6-12(13)9-10-17/h2-8H,9-10,17H2,1H3. The highest BCUT2D eigenvalue weighted by atomic mass is 32.1. The highest BCUT2D eigenvalue weighted by Crippen LogP contribution is 2.33. The summed E-state index contributed by atoms with van der Waals surface area (Å²) < 4.78 is 1.25. The third-order valence-corrected chi connectivity index (χ3v) is 4.34. The summed E-state index contributed by atoms with van der Waals surface area (Å²) in [6, 6.07) is 14.7. The van der Waals surface area contributed by atoms with E-state index in [4.69, 9.17) is 10.7 Å². The van der Waals surface area contributed by atoms with Gasteiger partial charge < -0.3 is 5.73 Å². The monoisotopic (exact) mass is 268 g/mol. The van der Waals surface area contributed by atoms with Crippen LogP contribution in [0.25, 0.3) is 20.8 Å². The largest absolute Gasteiger partial charge is 0.330 e. The number of rotatable bonds is 3. The second-order valence-corrected chi connectivity index (χ2v) is 5.67. The fourth-order valence-electron chi connectivity index (χ4n) is 2.30. The smallest absolute Gasteiger partial charge is 0.124 e. The molecule has 2 N–H and O–H groups in total. The van der Waals surface area contributed by atoms with Crippen molar-refractivity contribution in [2.45, 2.75) is 13.3 Å². The minimum Gasteiger partial charge on any atom is -0.330 e. The predicted molar refractivity (Wildman–Crippen MR) is 82.6 cm³/mol. The van der Waals surface area contributed by atoms with Gasteiger partial charge in [0.2, 0.25) is 0 Å². The van der Waals surface area contributed by atoms with Gasteiger partial charge >= 0.3 is 0 Å². The molecule has 0 aliphatic carbocycles. The van der Waals surface area contributed by atoms with Crippen LogP contribution < -0.4 is 5.73 Å². The van der Waals surface area contributed by atoms with E-state index in [9.17, 15) is 0 Å². The normalized spacial score (nSPS) is 11.1. The molecule has 96 valence electrons. The molecule has 0 radical (unpaired) electrons. The van der Waals surface area contributed by atoms with Crippen molar-refractivity contribution in [3.8, 4) is 10.6 Å². The maximum atomic E-state index is 5.69. The number of hydrogen-bond donors (Lipinski definition) is 1. The predicted octanol–water partition coefficient (Wildman–Crippen LogP) is 3.77. The molecular formula is C16H16N2S. The van der Waals surface area contributed by atoms with Crippen LogP contribution >= 0.6 is 11.3 Å². The molecule has 0 atom stereocenters. The van der Waals surface area contributed by atoms with Gasteiger partial charge in [0.25, 0.3) is 0 Å².